The molecule has 18 heavy (non-hydrogen) atoms. The number of nitrogens with one attached hydrogen (secondary N) is 1. The summed E-state index contributed by atoms with van der Waals surface area (Å²) < 4.78 is 11.0. The second kappa shape index (κ2) is 8.89. The van der Waals surface area contributed by atoms with Crippen molar-refractivity contribution in [1.82, 2.24) is 4.98 Å². The first-order chi connectivity index (χ1) is 8.72. The van der Waals surface area contributed by atoms with Gasteiger partial charge in [0.15, 0.2) is 0 Å². The maximum absolute atomic E-state index is 5.52. The number of aromatic nitrogens is 1. The molecule has 0 unspecified atom stereocenters. The third-order valence-corrected chi connectivity index (χ3v) is 2.27. The molecule has 0 amide bonds. The van der Waals surface area contributed by atoms with Crippen LogP contribution in [0.15, 0.2) is 18.3 Å². The van der Waals surface area contributed by atoms with Gasteiger partial charge in [0.25, 0.3) is 0 Å². The average molecular weight is 252 g/mol. The molecule has 1 aromatic rings. The predicted octanol–water partition coefficient (Wildman–Crippen LogP) is 2.70. The highest BCUT2D eigenvalue weighted by Gasteiger charge is 1.98. The predicted molar refractivity (Wildman–Crippen MR) is 73.7 cm³/mol. The number of nitrogens with zero attached hydrogens (tertiary/aromatic N) is 1. The Hall–Kier alpha value is -1.13. The molecular formula is C14H24N2O2. The van der Waals surface area contributed by atoms with E-state index in [0.29, 0.717) is 25.7 Å². The van der Waals surface area contributed by atoms with E-state index in [-0.39, 0.29) is 0 Å². The summed E-state index contributed by atoms with van der Waals surface area (Å²) in [6, 6.07) is 3.97. The number of hydrogen-bond donors (Lipinski definition) is 1. The second-order valence-corrected chi connectivity index (χ2v) is 4.59. The van der Waals surface area contributed by atoms with Gasteiger partial charge in [-0.1, -0.05) is 13.8 Å². The summed E-state index contributed by atoms with van der Waals surface area (Å²) in [7, 11) is 0. The number of ether oxygens (including phenoxy) is 2. The minimum atomic E-state index is 0.532. The molecule has 0 atom stereocenters. The molecule has 0 bridgehead atoms. The molecule has 0 aliphatic heterocycles. The van der Waals surface area contributed by atoms with Crippen molar-refractivity contribution in [3.63, 3.8) is 0 Å². The van der Waals surface area contributed by atoms with Crippen LogP contribution >= 0.6 is 0 Å². The second-order valence-electron chi connectivity index (χ2n) is 4.59. The van der Waals surface area contributed by atoms with Crippen LogP contribution in [0.1, 0.15) is 26.5 Å². The van der Waals surface area contributed by atoms with Crippen molar-refractivity contribution in [2.75, 3.05) is 31.7 Å². The van der Waals surface area contributed by atoms with E-state index in [1.807, 2.05) is 12.1 Å². The van der Waals surface area contributed by atoms with Crippen molar-refractivity contribution in [1.29, 1.82) is 0 Å². The monoisotopic (exact) mass is 252 g/mol. The lowest BCUT2D eigenvalue weighted by Gasteiger charge is -2.08. The Balaban J connectivity index is 2.16. The largest absolute Gasteiger partial charge is 0.385 e. The number of anilines is 1. The van der Waals surface area contributed by atoms with E-state index in [9.17, 15) is 0 Å². The van der Waals surface area contributed by atoms with E-state index in [0.717, 1.165) is 24.5 Å². The molecule has 102 valence electrons. The van der Waals surface area contributed by atoms with Crippen LogP contribution in [0.2, 0.25) is 0 Å². The van der Waals surface area contributed by atoms with Gasteiger partial charge in [0.1, 0.15) is 0 Å². The molecule has 0 radical (unpaired) electrons. The number of hydrogen-bond acceptors (Lipinski definition) is 4. The molecule has 0 saturated heterocycles. The van der Waals surface area contributed by atoms with Gasteiger partial charge in [-0.25, -0.2) is 0 Å². The summed E-state index contributed by atoms with van der Waals surface area (Å²) in [6.45, 7) is 9.83. The Morgan fingerprint density at radius 2 is 2.06 bits per heavy atom. The summed E-state index contributed by atoms with van der Waals surface area (Å²) in [4.78, 5) is 4.26. The lowest BCUT2D eigenvalue weighted by atomic mass is 10.2. The van der Waals surface area contributed by atoms with Gasteiger partial charge >= 0.3 is 0 Å². The first kappa shape index (κ1) is 14.9. The molecule has 0 aliphatic carbocycles. The first-order valence-electron chi connectivity index (χ1n) is 6.56. The summed E-state index contributed by atoms with van der Waals surface area (Å²) in [5.41, 5.74) is 2.03. The maximum atomic E-state index is 5.52. The zero-order valence-corrected chi connectivity index (χ0v) is 11.6. The molecule has 0 saturated carbocycles. The molecule has 0 spiro atoms. The molecule has 0 fully saturated rings. The normalized spacial score (nSPS) is 10.9. The Morgan fingerprint density at radius 3 is 2.78 bits per heavy atom. The summed E-state index contributed by atoms with van der Waals surface area (Å²) in [5, 5.41) is 3.25. The van der Waals surface area contributed by atoms with Crippen LogP contribution in [-0.2, 0) is 16.1 Å². The molecule has 4 nitrogen and oxygen atoms in total. The Labute approximate surface area is 110 Å². The maximum Gasteiger partial charge on any atom is 0.0889 e. The lowest BCUT2D eigenvalue weighted by Crippen LogP contribution is -2.09. The van der Waals surface area contributed by atoms with Crippen molar-refractivity contribution in [3.05, 3.63) is 24.0 Å². The van der Waals surface area contributed by atoms with Crippen molar-refractivity contribution in [3.8, 4) is 0 Å². The van der Waals surface area contributed by atoms with E-state index < -0.39 is 0 Å². The van der Waals surface area contributed by atoms with Crippen LogP contribution in [0.3, 0.4) is 0 Å². The minimum absolute atomic E-state index is 0.532. The van der Waals surface area contributed by atoms with Crippen LogP contribution in [0.25, 0.3) is 0 Å². The van der Waals surface area contributed by atoms with E-state index in [2.05, 4.69) is 31.1 Å². The van der Waals surface area contributed by atoms with Gasteiger partial charge < -0.3 is 14.8 Å². The average Bonchev–Trinajstić information content (AvgIpc) is 2.34. The smallest absolute Gasteiger partial charge is 0.0889 e. The molecular weight excluding hydrogens is 228 g/mol. The van der Waals surface area contributed by atoms with Crippen molar-refractivity contribution >= 4 is 5.69 Å². The molecule has 1 aromatic heterocycles. The van der Waals surface area contributed by atoms with Gasteiger partial charge in [-0.2, -0.15) is 0 Å². The van der Waals surface area contributed by atoms with Gasteiger partial charge in [0.2, 0.25) is 0 Å². The van der Waals surface area contributed by atoms with E-state index in [4.69, 9.17) is 9.47 Å². The third kappa shape index (κ3) is 6.57. The summed E-state index contributed by atoms with van der Waals surface area (Å²) >= 11 is 0. The lowest BCUT2D eigenvalue weighted by molar-refractivity contribution is 0.0305. The fourth-order valence-corrected chi connectivity index (χ4v) is 1.48. The van der Waals surface area contributed by atoms with Gasteiger partial charge in [0.05, 0.1) is 25.5 Å². The molecule has 1 heterocycles. The highest BCUT2D eigenvalue weighted by molar-refractivity contribution is 5.42. The van der Waals surface area contributed by atoms with Crippen LogP contribution in [0, 0.1) is 5.92 Å². The zero-order chi connectivity index (χ0) is 13.2. The van der Waals surface area contributed by atoms with E-state index >= 15 is 0 Å². The first-order valence-corrected chi connectivity index (χ1v) is 6.56. The van der Waals surface area contributed by atoms with Crippen LogP contribution in [0.4, 0.5) is 5.69 Å². The Kier molecular flexibility index (Phi) is 7.37. The Morgan fingerprint density at radius 1 is 1.28 bits per heavy atom. The van der Waals surface area contributed by atoms with Gasteiger partial charge in [0, 0.05) is 25.0 Å². The zero-order valence-electron chi connectivity index (χ0n) is 11.6. The van der Waals surface area contributed by atoms with Crippen molar-refractivity contribution in [2.24, 2.45) is 5.92 Å². The summed E-state index contributed by atoms with van der Waals surface area (Å²) in [6.07, 6.45) is 1.80. The topological polar surface area (TPSA) is 43.4 Å². The molecule has 1 rings (SSSR count). The molecule has 0 aromatic carbocycles. The molecule has 1 N–H and O–H groups in total. The molecule has 4 heteroatoms. The number of pyridine rings is 1. The van der Waals surface area contributed by atoms with Gasteiger partial charge in [-0.3, -0.25) is 4.98 Å². The SMILES string of the molecule is CCNc1ccnc(COCCOCC(C)C)c1. The highest BCUT2D eigenvalue weighted by atomic mass is 16.5. The molecule has 0 aliphatic rings. The fraction of sp³-hybridized carbons (Fsp3) is 0.643. The van der Waals surface area contributed by atoms with Crippen molar-refractivity contribution < 1.29 is 9.47 Å². The Bertz CT molecular complexity index is 329. The van der Waals surface area contributed by atoms with Crippen LogP contribution in [-0.4, -0.2) is 31.3 Å². The van der Waals surface area contributed by atoms with Crippen LogP contribution < -0.4 is 5.32 Å². The highest BCUT2D eigenvalue weighted by Crippen LogP contribution is 2.08. The fourth-order valence-electron chi connectivity index (χ4n) is 1.48. The number of rotatable bonds is 9. The minimum Gasteiger partial charge on any atom is -0.385 e. The van der Waals surface area contributed by atoms with Gasteiger partial charge in [-0.15, -0.1) is 0 Å². The summed E-state index contributed by atoms with van der Waals surface area (Å²) in [5.74, 6) is 0.573. The van der Waals surface area contributed by atoms with E-state index in [1.54, 1.807) is 6.20 Å². The standard InChI is InChI=1S/C14H24N2O2/c1-4-15-13-5-6-16-14(9-13)11-18-8-7-17-10-12(2)3/h5-6,9,12H,4,7-8,10-11H2,1-3H3,(H,15,16). The van der Waals surface area contributed by atoms with E-state index in [1.165, 1.54) is 0 Å². The third-order valence-electron chi connectivity index (χ3n) is 2.27. The van der Waals surface area contributed by atoms with Crippen LogP contribution in [0.5, 0.6) is 0 Å². The quantitative estimate of drug-likeness (QED) is 0.686. The van der Waals surface area contributed by atoms with Crippen molar-refractivity contribution in [2.45, 2.75) is 27.4 Å². The van der Waals surface area contributed by atoms with Gasteiger partial charge in [-0.05, 0) is 25.0 Å².